The first-order valence-electron chi connectivity index (χ1n) is 7.26. The van der Waals surface area contributed by atoms with E-state index in [0.29, 0.717) is 18.6 Å². The molecule has 4 heteroatoms. The SMILES string of the molecule is CC1CC(CN)(C(=O)NCCC2CCCCO2)C1. The van der Waals surface area contributed by atoms with Gasteiger partial charge in [0.25, 0.3) is 0 Å². The fraction of sp³-hybridized carbons (Fsp3) is 0.929. The lowest BCUT2D eigenvalue weighted by atomic mass is 9.62. The Hall–Kier alpha value is -0.610. The summed E-state index contributed by atoms with van der Waals surface area (Å²) in [6, 6.07) is 0. The average molecular weight is 254 g/mol. The molecule has 1 aliphatic carbocycles. The third-order valence-electron chi connectivity index (χ3n) is 4.38. The molecule has 2 fully saturated rings. The van der Waals surface area contributed by atoms with Gasteiger partial charge in [-0.25, -0.2) is 0 Å². The van der Waals surface area contributed by atoms with E-state index in [0.717, 1.165) is 38.8 Å². The van der Waals surface area contributed by atoms with Crippen molar-refractivity contribution in [2.75, 3.05) is 19.7 Å². The van der Waals surface area contributed by atoms with Gasteiger partial charge in [0, 0.05) is 19.7 Å². The minimum absolute atomic E-state index is 0.152. The minimum Gasteiger partial charge on any atom is -0.378 e. The largest absolute Gasteiger partial charge is 0.378 e. The van der Waals surface area contributed by atoms with Gasteiger partial charge in [0.05, 0.1) is 11.5 Å². The third kappa shape index (κ3) is 3.04. The molecule has 104 valence electrons. The number of rotatable bonds is 5. The van der Waals surface area contributed by atoms with Crippen LogP contribution in [0.2, 0.25) is 0 Å². The zero-order valence-electron chi connectivity index (χ0n) is 11.4. The average Bonchev–Trinajstić information content (AvgIpc) is 2.36. The summed E-state index contributed by atoms with van der Waals surface area (Å²) >= 11 is 0. The number of ether oxygens (including phenoxy) is 1. The second-order valence-corrected chi connectivity index (χ2v) is 6.03. The van der Waals surface area contributed by atoms with Crippen molar-refractivity contribution >= 4 is 5.91 Å². The lowest BCUT2D eigenvalue weighted by Crippen LogP contribution is -2.53. The van der Waals surface area contributed by atoms with Gasteiger partial charge in [0.1, 0.15) is 0 Å². The summed E-state index contributed by atoms with van der Waals surface area (Å²) in [4.78, 5) is 12.1. The number of hydrogen-bond acceptors (Lipinski definition) is 3. The van der Waals surface area contributed by atoms with E-state index in [1.165, 1.54) is 12.8 Å². The summed E-state index contributed by atoms with van der Waals surface area (Å²) in [5.74, 6) is 0.792. The molecule has 2 aliphatic rings. The van der Waals surface area contributed by atoms with Crippen LogP contribution < -0.4 is 11.1 Å². The fourth-order valence-corrected chi connectivity index (χ4v) is 3.29. The van der Waals surface area contributed by atoms with E-state index < -0.39 is 0 Å². The summed E-state index contributed by atoms with van der Waals surface area (Å²) in [6.45, 7) is 4.25. The molecule has 18 heavy (non-hydrogen) atoms. The van der Waals surface area contributed by atoms with Crippen molar-refractivity contribution in [3.05, 3.63) is 0 Å². The van der Waals surface area contributed by atoms with Gasteiger partial charge in [-0.05, 0) is 44.4 Å². The molecule has 2 rings (SSSR count). The summed E-state index contributed by atoms with van der Waals surface area (Å²) in [7, 11) is 0. The molecule has 1 saturated carbocycles. The van der Waals surface area contributed by atoms with Crippen LogP contribution in [-0.4, -0.2) is 31.7 Å². The van der Waals surface area contributed by atoms with Crippen LogP contribution in [-0.2, 0) is 9.53 Å². The van der Waals surface area contributed by atoms with Crippen LogP contribution >= 0.6 is 0 Å². The van der Waals surface area contributed by atoms with Crippen molar-refractivity contribution in [3.8, 4) is 0 Å². The van der Waals surface area contributed by atoms with Crippen molar-refractivity contribution in [1.82, 2.24) is 5.32 Å². The molecule has 1 atom stereocenters. The van der Waals surface area contributed by atoms with Crippen molar-refractivity contribution in [2.24, 2.45) is 17.1 Å². The van der Waals surface area contributed by atoms with Crippen molar-refractivity contribution in [3.63, 3.8) is 0 Å². The molecule has 0 spiro atoms. The molecule has 0 aromatic heterocycles. The Morgan fingerprint density at radius 1 is 1.44 bits per heavy atom. The molecular formula is C14H26N2O2. The Balaban J connectivity index is 1.68. The Labute approximate surface area is 110 Å². The van der Waals surface area contributed by atoms with Crippen LogP contribution in [0.5, 0.6) is 0 Å². The molecule has 1 saturated heterocycles. The van der Waals surface area contributed by atoms with Gasteiger partial charge in [0.15, 0.2) is 0 Å². The first-order chi connectivity index (χ1) is 8.66. The summed E-state index contributed by atoms with van der Waals surface area (Å²) in [5, 5.41) is 3.05. The van der Waals surface area contributed by atoms with Crippen LogP contribution in [0.25, 0.3) is 0 Å². The van der Waals surface area contributed by atoms with Crippen LogP contribution in [0.4, 0.5) is 0 Å². The van der Waals surface area contributed by atoms with Gasteiger partial charge in [-0.2, -0.15) is 0 Å². The molecule has 1 aliphatic heterocycles. The standard InChI is InChI=1S/C14H26N2O2/c1-11-8-14(9-11,10-15)13(17)16-6-5-12-4-2-3-7-18-12/h11-12H,2-10,15H2,1H3,(H,16,17). The van der Waals surface area contributed by atoms with Crippen molar-refractivity contribution in [1.29, 1.82) is 0 Å². The monoisotopic (exact) mass is 254 g/mol. The summed E-state index contributed by atoms with van der Waals surface area (Å²) in [6.07, 6.45) is 6.72. The maximum Gasteiger partial charge on any atom is 0.227 e. The van der Waals surface area contributed by atoms with E-state index in [2.05, 4.69) is 12.2 Å². The second kappa shape index (κ2) is 6.02. The van der Waals surface area contributed by atoms with E-state index in [9.17, 15) is 4.79 Å². The molecule has 0 aromatic carbocycles. The van der Waals surface area contributed by atoms with E-state index >= 15 is 0 Å². The zero-order chi connectivity index (χ0) is 13.0. The Kier molecular flexibility index (Phi) is 4.62. The molecule has 1 unspecified atom stereocenters. The third-order valence-corrected chi connectivity index (χ3v) is 4.38. The quantitative estimate of drug-likeness (QED) is 0.780. The molecule has 3 N–H and O–H groups in total. The predicted molar refractivity (Wildman–Crippen MR) is 71.1 cm³/mol. The van der Waals surface area contributed by atoms with Gasteiger partial charge >= 0.3 is 0 Å². The molecule has 4 nitrogen and oxygen atoms in total. The first kappa shape index (κ1) is 13.8. The lowest BCUT2D eigenvalue weighted by Gasteiger charge is -2.44. The Bertz CT molecular complexity index is 282. The normalized spacial score (nSPS) is 35.9. The number of hydrogen-bond donors (Lipinski definition) is 2. The predicted octanol–water partition coefficient (Wildman–Crippen LogP) is 1.44. The summed E-state index contributed by atoms with van der Waals surface area (Å²) in [5.41, 5.74) is 5.49. The highest BCUT2D eigenvalue weighted by Gasteiger charge is 2.46. The minimum atomic E-state index is -0.271. The molecule has 0 bridgehead atoms. The van der Waals surface area contributed by atoms with Crippen molar-refractivity contribution in [2.45, 2.75) is 51.6 Å². The molecule has 0 radical (unpaired) electrons. The number of carbonyl (C=O) groups excluding carboxylic acids is 1. The van der Waals surface area contributed by atoms with E-state index in [-0.39, 0.29) is 11.3 Å². The first-order valence-corrected chi connectivity index (χ1v) is 7.26. The number of nitrogens with two attached hydrogens (primary N) is 1. The van der Waals surface area contributed by atoms with Crippen LogP contribution in [0.15, 0.2) is 0 Å². The highest BCUT2D eigenvalue weighted by Crippen LogP contribution is 2.44. The van der Waals surface area contributed by atoms with Crippen LogP contribution in [0, 0.1) is 11.3 Å². The van der Waals surface area contributed by atoms with Gasteiger partial charge in [-0.1, -0.05) is 6.92 Å². The van der Waals surface area contributed by atoms with Crippen LogP contribution in [0.3, 0.4) is 0 Å². The fourth-order valence-electron chi connectivity index (χ4n) is 3.29. The maximum atomic E-state index is 12.1. The molecule has 1 heterocycles. The Morgan fingerprint density at radius 3 is 2.78 bits per heavy atom. The topological polar surface area (TPSA) is 64.4 Å². The number of nitrogens with one attached hydrogen (secondary N) is 1. The highest BCUT2D eigenvalue weighted by atomic mass is 16.5. The van der Waals surface area contributed by atoms with E-state index in [1.54, 1.807) is 0 Å². The summed E-state index contributed by atoms with van der Waals surface area (Å²) < 4.78 is 5.65. The van der Waals surface area contributed by atoms with Gasteiger partial charge < -0.3 is 15.8 Å². The van der Waals surface area contributed by atoms with Crippen LogP contribution in [0.1, 0.15) is 45.4 Å². The maximum absolute atomic E-state index is 12.1. The molecule has 0 aromatic rings. The van der Waals surface area contributed by atoms with Gasteiger partial charge in [0.2, 0.25) is 5.91 Å². The highest BCUT2D eigenvalue weighted by molar-refractivity contribution is 5.83. The van der Waals surface area contributed by atoms with Gasteiger partial charge in [-0.15, -0.1) is 0 Å². The number of amides is 1. The second-order valence-electron chi connectivity index (χ2n) is 6.03. The lowest BCUT2D eigenvalue weighted by molar-refractivity contribution is -0.138. The van der Waals surface area contributed by atoms with Gasteiger partial charge in [-0.3, -0.25) is 4.79 Å². The van der Waals surface area contributed by atoms with E-state index in [4.69, 9.17) is 10.5 Å². The molecular weight excluding hydrogens is 228 g/mol. The van der Waals surface area contributed by atoms with E-state index in [1.807, 2.05) is 0 Å². The molecule has 1 amide bonds. The van der Waals surface area contributed by atoms with Crippen molar-refractivity contribution < 1.29 is 9.53 Å². The zero-order valence-corrected chi connectivity index (χ0v) is 11.4. The Morgan fingerprint density at radius 2 is 2.22 bits per heavy atom. The smallest absolute Gasteiger partial charge is 0.227 e. The number of carbonyl (C=O) groups is 1.